The lowest BCUT2D eigenvalue weighted by Crippen LogP contribution is -2.38. The fraction of sp³-hybridized carbons (Fsp3) is 0.273. The van der Waals surface area contributed by atoms with Crippen LogP contribution in [-0.2, 0) is 9.53 Å². The van der Waals surface area contributed by atoms with Crippen molar-refractivity contribution in [2.75, 3.05) is 23.8 Å². The molecule has 7 nitrogen and oxygen atoms in total. The van der Waals surface area contributed by atoms with Crippen molar-refractivity contribution in [3.63, 3.8) is 0 Å². The molecule has 5 rings (SSSR count). The highest BCUT2D eigenvalue weighted by Gasteiger charge is 2.26. The molecule has 1 saturated heterocycles. The van der Waals surface area contributed by atoms with E-state index in [1.807, 2.05) is 36.4 Å². The number of carbonyl (C=O) groups excluding carboxylic acids is 1. The molecule has 2 aromatic carbocycles. The van der Waals surface area contributed by atoms with Crippen LogP contribution < -0.4 is 4.90 Å². The van der Waals surface area contributed by atoms with E-state index < -0.39 is 0 Å². The van der Waals surface area contributed by atoms with E-state index >= 15 is 0 Å². The molecule has 0 bridgehead atoms. The highest BCUT2D eigenvalue weighted by Crippen LogP contribution is 2.31. The monoisotopic (exact) mass is 486 g/mol. The number of carbonyl (C=O) groups is 1. The molecule has 1 unspecified atom stereocenters. The van der Waals surface area contributed by atoms with Crippen LogP contribution in [0.2, 0.25) is 5.02 Å². The van der Waals surface area contributed by atoms with Crippen molar-refractivity contribution >= 4 is 56.0 Å². The molecule has 3 heterocycles. The lowest BCUT2D eigenvalue weighted by molar-refractivity contribution is -0.116. The summed E-state index contributed by atoms with van der Waals surface area (Å²) in [5, 5.41) is 9.79. The fourth-order valence-electron chi connectivity index (χ4n) is 3.43. The Balaban J connectivity index is 1.30. The maximum Gasteiger partial charge on any atom is 0.277 e. The lowest BCUT2D eigenvalue weighted by Gasteiger charge is -2.22. The van der Waals surface area contributed by atoms with E-state index in [0.717, 1.165) is 35.2 Å². The molecule has 1 aliphatic heterocycles. The van der Waals surface area contributed by atoms with Crippen LogP contribution in [0.3, 0.4) is 0 Å². The first-order chi connectivity index (χ1) is 15.7. The normalized spacial score (nSPS) is 16.0. The quantitative estimate of drug-likeness (QED) is 0.327. The van der Waals surface area contributed by atoms with Crippen molar-refractivity contribution < 1.29 is 13.9 Å². The predicted octanol–water partition coefficient (Wildman–Crippen LogP) is 5.30. The second kappa shape index (κ2) is 9.58. The third-order valence-electron chi connectivity index (χ3n) is 5.04. The van der Waals surface area contributed by atoms with Gasteiger partial charge in [-0.1, -0.05) is 46.8 Å². The summed E-state index contributed by atoms with van der Waals surface area (Å²) >= 11 is 8.65. The van der Waals surface area contributed by atoms with Gasteiger partial charge in [0.05, 0.1) is 28.6 Å². The number of thiazole rings is 1. The largest absolute Gasteiger partial charge is 0.411 e. The van der Waals surface area contributed by atoms with Gasteiger partial charge in [0.1, 0.15) is 0 Å². The number of anilines is 1. The Morgan fingerprint density at radius 2 is 2.03 bits per heavy atom. The second-order valence-corrected chi connectivity index (χ2v) is 9.64. The number of amides is 1. The number of rotatable bonds is 7. The maximum absolute atomic E-state index is 13.2. The molecule has 1 aliphatic rings. The van der Waals surface area contributed by atoms with Crippen molar-refractivity contribution in [2.24, 2.45) is 0 Å². The minimum absolute atomic E-state index is 0.0240. The van der Waals surface area contributed by atoms with Crippen LogP contribution in [0.1, 0.15) is 12.8 Å². The summed E-state index contributed by atoms with van der Waals surface area (Å²) in [5.41, 5.74) is 1.66. The molecule has 10 heteroatoms. The summed E-state index contributed by atoms with van der Waals surface area (Å²) in [6, 6.07) is 15.0. The summed E-state index contributed by atoms with van der Waals surface area (Å²) < 4.78 is 12.5. The SMILES string of the molecule is O=C(CSc1nnc(-c2ccc(Cl)cc2)o1)N(CC1CCCO1)c1nc2ccccc2s1. The summed E-state index contributed by atoms with van der Waals surface area (Å²) in [4.78, 5) is 19.6. The van der Waals surface area contributed by atoms with Crippen LogP contribution >= 0.6 is 34.7 Å². The molecule has 1 atom stereocenters. The highest BCUT2D eigenvalue weighted by atomic mass is 35.5. The first-order valence-electron chi connectivity index (χ1n) is 10.2. The van der Waals surface area contributed by atoms with Gasteiger partial charge in [-0.15, -0.1) is 10.2 Å². The third-order valence-corrected chi connectivity index (χ3v) is 7.16. The summed E-state index contributed by atoms with van der Waals surface area (Å²) in [6.07, 6.45) is 1.98. The number of aromatic nitrogens is 3. The number of hydrogen-bond acceptors (Lipinski definition) is 8. The van der Waals surface area contributed by atoms with E-state index in [1.54, 1.807) is 17.0 Å². The molecule has 0 saturated carbocycles. The van der Waals surface area contributed by atoms with Crippen LogP contribution in [0, 0.1) is 0 Å². The Labute approximate surface area is 197 Å². The molecule has 1 fully saturated rings. The van der Waals surface area contributed by atoms with Gasteiger partial charge >= 0.3 is 0 Å². The molecule has 2 aromatic heterocycles. The van der Waals surface area contributed by atoms with Crippen molar-refractivity contribution in [2.45, 2.75) is 24.2 Å². The molecular weight excluding hydrogens is 468 g/mol. The third kappa shape index (κ3) is 4.80. The van der Waals surface area contributed by atoms with E-state index in [4.69, 9.17) is 20.8 Å². The summed E-state index contributed by atoms with van der Waals surface area (Å²) in [5.74, 6) is 0.472. The topological polar surface area (TPSA) is 81.4 Å². The lowest BCUT2D eigenvalue weighted by atomic mass is 10.2. The smallest absolute Gasteiger partial charge is 0.277 e. The van der Waals surface area contributed by atoms with Crippen molar-refractivity contribution in [1.82, 2.24) is 15.2 Å². The van der Waals surface area contributed by atoms with E-state index in [0.29, 0.717) is 27.8 Å². The van der Waals surface area contributed by atoms with E-state index in [1.165, 1.54) is 23.1 Å². The number of ether oxygens (including phenoxy) is 1. The van der Waals surface area contributed by atoms with Gasteiger partial charge in [0, 0.05) is 17.2 Å². The zero-order valence-corrected chi connectivity index (χ0v) is 19.3. The Hall–Kier alpha value is -2.46. The second-order valence-electron chi connectivity index (χ2n) is 7.27. The molecule has 0 N–H and O–H groups in total. The van der Waals surface area contributed by atoms with Gasteiger partial charge in [0.2, 0.25) is 11.8 Å². The standard InChI is InChI=1S/C22H19ClN4O3S2/c23-15-9-7-14(8-10-15)20-25-26-22(30-20)31-13-19(28)27(12-16-4-3-11-29-16)21-24-17-5-1-2-6-18(17)32-21/h1-2,5-10,16H,3-4,11-13H2. The van der Waals surface area contributed by atoms with Crippen LogP contribution in [0.15, 0.2) is 58.2 Å². The number of thioether (sulfide) groups is 1. The number of nitrogens with zero attached hydrogens (tertiary/aromatic N) is 4. The molecule has 0 aliphatic carbocycles. The van der Waals surface area contributed by atoms with Crippen LogP contribution in [-0.4, -0.2) is 46.1 Å². The molecule has 4 aromatic rings. The molecule has 164 valence electrons. The summed E-state index contributed by atoms with van der Waals surface area (Å²) in [7, 11) is 0. The Morgan fingerprint density at radius 1 is 1.19 bits per heavy atom. The minimum Gasteiger partial charge on any atom is -0.411 e. The van der Waals surface area contributed by atoms with Gasteiger partial charge in [-0.25, -0.2) is 4.98 Å². The number of para-hydroxylation sites is 1. The molecule has 0 radical (unpaired) electrons. The predicted molar refractivity (Wildman–Crippen MR) is 126 cm³/mol. The average molecular weight is 487 g/mol. The maximum atomic E-state index is 13.2. The molecule has 0 spiro atoms. The first-order valence-corrected chi connectivity index (χ1v) is 12.3. The number of fused-ring (bicyclic) bond motifs is 1. The van der Waals surface area contributed by atoms with Crippen molar-refractivity contribution in [1.29, 1.82) is 0 Å². The van der Waals surface area contributed by atoms with Gasteiger partial charge in [-0.2, -0.15) is 0 Å². The van der Waals surface area contributed by atoms with Gasteiger partial charge in [-0.3, -0.25) is 9.69 Å². The van der Waals surface area contributed by atoms with Gasteiger partial charge in [0.25, 0.3) is 5.22 Å². The zero-order chi connectivity index (χ0) is 21.9. The highest BCUT2D eigenvalue weighted by molar-refractivity contribution is 7.99. The van der Waals surface area contributed by atoms with E-state index in [9.17, 15) is 4.79 Å². The average Bonchev–Trinajstić information content (AvgIpc) is 3.57. The van der Waals surface area contributed by atoms with E-state index in [2.05, 4.69) is 15.2 Å². The minimum atomic E-state index is -0.0733. The first kappa shape index (κ1) is 21.4. The number of halogens is 1. The van der Waals surface area contributed by atoms with Crippen molar-refractivity contribution in [3.05, 3.63) is 53.6 Å². The van der Waals surface area contributed by atoms with Crippen molar-refractivity contribution in [3.8, 4) is 11.5 Å². The summed E-state index contributed by atoms with van der Waals surface area (Å²) in [6.45, 7) is 1.22. The van der Waals surface area contributed by atoms with Crippen LogP contribution in [0.4, 0.5) is 5.13 Å². The molecule has 1 amide bonds. The number of hydrogen-bond donors (Lipinski definition) is 0. The number of benzene rings is 2. The Morgan fingerprint density at radius 3 is 2.81 bits per heavy atom. The Kier molecular flexibility index (Phi) is 6.40. The van der Waals surface area contributed by atoms with Gasteiger partial charge in [-0.05, 0) is 49.2 Å². The molecule has 32 heavy (non-hydrogen) atoms. The van der Waals surface area contributed by atoms with E-state index in [-0.39, 0.29) is 17.8 Å². The fourth-order valence-corrected chi connectivity index (χ4v) is 5.19. The van der Waals surface area contributed by atoms with Crippen LogP contribution in [0.25, 0.3) is 21.7 Å². The van der Waals surface area contributed by atoms with Gasteiger partial charge in [0.15, 0.2) is 5.13 Å². The Bertz CT molecular complexity index is 1190. The van der Waals surface area contributed by atoms with Gasteiger partial charge < -0.3 is 9.15 Å². The zero-order valence-electron chi connectivity index (χ0n) is 16.9. The molecular formula is C22H19ClN4O3S2. The van der Waals surface area contributed by atoms with Crippen LogP contribution in [0.5, 0.6) is 0 Å².